The van der Waals surface area contributed by atoms with E-state index < -0.39 is 17.8 Å². The molecule has 0 aliphatic carbocycles. The van der Waals surface area contributed by atoms with Crippen molar-refractivity contribution in [2.75, 3.05) is 5.32 Å². The van der Waals surface area contributed by atoms with E-state index in [1.807, 2.05) is 0 Å². The number of nitrogens with zero attached hydrogens (tertiary/aromatic N) is 4. The molecule has 0 atom stereocenters. The van der Waals surface area contributed by atoms with E-state index in [-0.39, 0.29) is 33.5 Å². The van der Waals surface area contributed by atoms with Crippen molar-refractivity contribution >= 4 is 39.3 Å². The van der Waals surface area contributed by atoms with Crippen LogP contribution in [0.25, 0.3) is 17.1 Å². The third-order valence-corrected chi connectivity index (χ3v) is 5.24. The fourth-order valence-corrected chi connectivity index (χ4v) is 3.47. The van der Waals surface area contributed by atoms with E-state index in [0.717, 1.165) is 4.68 Å². The van der Waals surface area contributed by atoms with Crippen molar-refractivity contribution in [2.24, 2.45) is 0 Å². The zero-order valence-corrected chi connectivity index (χ0v) is 18.3. The number of anilines is 1. The highest BCUT2D eigenvalue weighted by molar-refractivity contribution is 9.10. The van der Waals surface area contributed by atoms with Crippen LogP contribution < -0.4 is 5.32 Å². The molecule has 0 fully saturated rings. The van der Waals surface area contributed by atoms with Crippen molar-refractivity contribution in [1.82, 2.24) is 19.7 Å². The Balaban J connectivity index is 1.96. The lowest BCUT2D eigenvalue weighted by Gasteiger charge is -2.12. The molecule has 0 radical (unpaired) electrons. The first-order valence-electron chi connectivity index (χ1n) is 9.05. The van der Waals surface area contributed by atoms with Crippen molar-refractivity contribution in [3.8, 4) is 17.1 Å². The predicted octanol–water partition coefficient (Wildman–Crippen LogP) is 6.02. The van der Waals surface area contributed by atoms with Gasteiger partial charge in [0.2, 0.25) is 0 Å². The van der Waals surface area contributed by atoms with Crippen LogP contribution in [-0.4, -0.2) is 25.7 Å². The highest BCUT2D eigenvalue weighted by Crippen LogP contribution is 2.42. The summed E-state index contributed by atoms with van der Waals surface area (Å²) in [6.07, 6.45) is -2.10. The number of amides is 1. The Labute approximate surface area is 193 Å². The van der Waals surface area contributed by atoms with Crippen molar-refractivity contribution in [3.05, 3.63) is 87.7 Å². The molecular weight excluding hydrogens is 511 g/mol. The number of alkyl halides is 3. The average Bonchev–Trinajstić information content (AvgIpc) is 3.15. The Hall–Kier alpha value is -3.24. The van der Waals surface area contributed by atoms with E-state index in [1.54, 1.807) is 24.3 Å². The summed E-state index contributed by atoms with van der Waals surface area (Å²) in [5.41, 5.74) is -1.23. The number of benzene rings is 2. The number of carbonyl (C=O) groups excluding carboxylic acids is 1. The Bertz CT molecular complexity index is 1280. The van der Waals surface area contributed by atoms with Crippen LogP contribution in [0.2, 0.25) is 5.02 Å². The fourth-order valence-electron chi connectivity index (χ4n) is 2.99. The lowest BCUT2D eigenvalue weighted by atomic mass is 10.0. The maximum absolute atomic E-state index is 14.0. The molecule has 6 nitrogen and oxygen atoms in total. The number of carbonyl (C=O) groups is 1. The predicted molar refractivity (Wildman–Crippen MR) is 117 cm³/mol. The molecule has 0 bridgehead atoms. The molecule has 11 heteroatoms. The average molecular weight is 523 g/mol. The van der Waals surface area contributed by atoms with Crippen LogP contribution in [0.4, 0.5) is 19.0 Å². The van der Waals surface area contributed by atoms with Crippen LogP contribution in [0.5, 0.6) is 0 Å². The first-order valence-corrected chi connectivity index (χ1v) is 10.2. The maximum atomic E-state index is 14.0. The molecule has 2 heterocycles. The summed E-state index contributed by atoms with van der Waals surface area (Å²) in [6, 6.07) is 13.8. The molecule has 4 aromatic rings. The summed E-state index contributed by atoms with van der Waals surface area (Å²) >= 11 is 9.37. The first-order chi connectivity index (χ1) is 15.3. The number of halogens is 5. The standard InChI is InChI=1S/C21H12BrClF3N5O/c22-13-8-6-12(7-9-13)16-17(21(24,25)26)30-31(20-27-10-3-11-28-20)18(16)29-19(32)14-4-1-2-5-15(14)23/h1-11H,(H,29,32). The molecule has 1 N–H and O–H groups in total. The lowest BCUT2D eigenvalue weighted by Crippen LogP contribution is -2.17. The molecule has 2 aromatic heterocycles. The smallest absolute Gasteiger partial charge is 0.306 e. The zero-order chi connectivity index (χ0) is 22.9. The van der Waals surface area contributed by atoms with Crippen LogP contribution in [0.1, 0.15) is 16.1 Å². The van der Waals surface area contributed by atoms with Gasteiger partial charge in [0.15, 0.2) is 5.69 Å². The number of aromatic nitrogens is 4. The molecule has 0 aliphatic heterocycles. The van der Waals surface area contributed by atoms with Gasteiger partial charge in [0, 0.05) is 16.9 Å². The summed E-state index contributed by atoms with van der Waals surface area (Å²) < 4.78 is 43.5. The van der Waals surface area contributed by atoms with Gasteiger partial charge in [-0.05, 0) is 35.9 Å². The molecule has 2 aromatic carbocycles. The number of nitrogens with one attached hydrogen (secondary N) is 1. The normalized spacial score (nSPS) is 11.4. The van der Waals surface area contributed by atoms with Gasteiger partial charge in [0.25, 0.3) is 11.9 Å². The van der Waals surface area contributed by atoms with Gasteiger partial charge < -0.3 is 5.32 Å². The van der Waals surface area contributed by atoms with E-state index >= 15 is 0 Å². The summed E-state index contributed by atoms with van der Waals surface area (Å²) in [4.78, 5) is 20.9. The summed E-state index contributed by atoms with van der Waals surface area (Å²) in [5.74, 6) is -1.09. The summed E-state index contributed by atoms with van der Waals surface area (Å²) in [6.45, 7) is 0. The molecule has 0 aliphatic rings. The van der Waals surface area contributed by atoms with E-state index in [1.165, 1.54) is 42.7 Å². The number of hydrogen-bond donors (Lipinski definition) is 1. The van der Waals surface area contributed by atoms with Gasteiger partial charge in [-0.1, -0.05) is 51.8 Å². The highest BCUT2D eigenvalue weighted by Gasteiger charge is 2.40. The largest absolute Gasteiger partial charge is 0.435 e. The Kier molecular flexibility index (Phi) is 5.98. The molecule has 0 saturated carbocycles. The highest BCUT2D eigenvalue weighted by atomic mass is 79.9. The van der Waals surface area contributed by atoms with Crippen LogP contribution in [0.3, 0.4) is 0 Å². The fraction of sp³-hybridized carbons (Fsp3) is 0.0476. The van der Waals surface area contributed by atoms with E-state index in [4.69, 9.17) is 11.6 Å². The van der Waals surface area contributed by atoms with Crippen LogP contribution >= 0.6 is 27.5 Å². The number of rotatable bonds is 4. The van der Waals surface area contributed by atoms with Gasteiger partial charge >= 0.3 is 6.18 Å². The van der Waals surface area contributed by atoms with Crippen LogP contribution in [-0.2, 0) is 6.18 Å². The Morgan fingerprint density at radius 2 is 1.66 bits per heavy atom. The second kappa shape index (κ2) is 8.71. The lowest BCUT2D eigenvalue weighted by molar-refractivity contribution is -0.140. The third kappa shape index (κ3) is 4.37. The molecule has 0 unspecified atom stereocenters. The van der Waals surface area contributed by atoms with Crippen LogP contribution in [0.15, 0.2) is 71.5 Å². The maximum Gasteiger partial charge on any atom is 0.435 e. The van der Waals surface area contributed by atoms with Gasteiger partial charge in [-0.2, -0.15) is 23.0 Å². The molecule has 1 amide bonds. The van der Waals surface area contributed by atoms with E-state index in [2.05, 4.69) is 36.3 Å². The first kappa shape index (κ1) is 22.0. The molecule has 32 heavy (non-hydrogen) atoms. The molecule has 4 rings (SSSR count). The van der Waals surface area contributed by atoms with Gasteiger partial charge in [-0.3, -0.25) is 4.79 Å². The monoisotopic (exact) mass is 521 g/mol. The SMILES string of the molecule is O=C(Nc1c(-c2ccc(Br)cc2)c(C(F)(F)F)nn1-c1ncccn1)c1ccccc1Cl. The van der Waals surface area contributed by atoms with Crippen molar-refractivity contribution < 1.29 is 18.0 Å². The molecule has 0 saturated heterocycles. The second-order valence-corrected chi connectivity index (χ2v) is 7.79. The van der Waals surface area contributed by atoms with Crippen molar-refractivity contribution in [1.29, 1.82) is 0 Å². The van der Waals surface area contributed by atoms with Crippen molar-refractivity contribution in [3.63, 3.8) is 0 Å². The molecule has 162 valence electrons. The summed E-state index contributed by atoms with van der Waals surface area (Å²) in [5, 5.41) is 6.40. The van der Waals surface area contributed by atoms with E-state index in [9.17, 15) is 18.0 Å². The van der Waals surface area contributed by atoms with Gasteiger partial charge in [-0.25, -0.2) is 9.97 Å². The minimum Gasteiger partial charge on any atom is -0.306 e. The zero-order valence-electron chi connectivity index (χ0n) is 15.9. The Morgan fingerprint density at radius 3 is 2.28 bits per heavy atom. The van der Waals surface area contributed by atoms with Gasteiger partial charge in [0.05, 0.1) is 16.1 Å². The quantitative estimate of drug-likeness (QED) is 0.356. The minimum atomic E-state index is -4.81. The van der Waals surface area contributed by atoms with Gasteiger partial charge in [-0.15, -0.1) is 0 Å². The molecular formula is C21H12BrClF3N5O. The number of hydrogen-bond acceptors (Lipinski definition) is 4. The second-order valence-electron chi connectivity index (χ2n) is 6.47. The topological polar surface area (TPSA) is 72.7 Å². The minimum absolute atomic E-state index is 0.0891. The summed E-state index contributed by atoms with van der Waals surface area (Å²) in [7, 11) is 0. The van der Waals surface area contributed by atoms with Gasteiger partial charge in [0.1, 0.15) is 5.82 Å². The van der Waals surface area contributed by atoms with Crippen LogP contribution in [0, 0.1) is 0 Å². The molecule has 0 spiro atoms. The Morgan fingerprint density at radius 1 is 1.00 bits per heavy atom. The third-order valence-electron chi connectivity index (χ3n) is 4.38. The van der Waals surface area contributed by atoms with E-state index in [0.29, 0.717) is 4.47 Å². The van der Waals surface area contributed by atoms with Crippen molar-refractivity contribution in [2.45, 2.75) is 6.18 Å².